The third-order valence-corrected chi connectivity index (χ3v) is 18.4. The number of rotatable bonds is 9. The molecular weight excluding hydrogens is 924 g/mol. The Morgan fingerprint density at radius 3 is 2.37 bits per heavy atom. The third-order valence-electron chi connectivity index (χ3n) is 16.2. The maximum absolute atomic E-state index is 16.9. The third kappa shape index (κ3) is 9.88. The zero-order chi connectivity index (χ0) is 49.9. The number of nitrogens with one attached hydrogen (secondary N) is 3. The normalized spacial score (nSPS) is 32.6. The van der Waals surface area contributed by atoms with E-state index in [-0.39, 0.29) is 56.2 Å². The Labute approximate surface area is 409 Å². The maximum atomic E-state index is 16.9. The molecule has 4 heterocycles. The summed E-state index contributed by atoms with van der Waals surface area (Å²) >= 11 is 0. The molecular formula is C51H69FN6O11S. The molecule has 5 amide bonds. The number of sulfonamides is 1. The van der Waals surface area contributed by atoms with Gasteiger partial charge in [-0.25, -0.2) is 27.4 Å². The molecule has 10 atom stereocenters. The van der Waals surface area contributed by atoms with Crippen LogP contribution in [0.15, 0.2) is 36.9 Å². The Bertz CT molecular complexity index is 2510. The van der Waals surface area contributed by atoms with Gasteiger partial charge in [0.1, 0.15) is 41.7 Å². The van der Waals surface area contributed by atoms with Crippen molar-refractivity contribution in [2.45, 2.75) is 183 Å². The van der Waals surface area contributed by atoms with E-state index in [1.54, 1.807) is 13.0 Å². The summed E-state index contributed by atoms with van der Waals surface area (Å²) in [7, 11) is -4.07. The number of carboxylic acid groups (broad SMARTS) is 1. The summed E-state index contributed by atoms with van der Waals surface area (Å²) in [4.78, 5) is 77.6. The average Bonchev–Trinajstić information content (AvgIpc) is 4.28. The summed E-state index contributed by atoms with van der Waals surface area (Å²) in [6, 6.07) is 4.05. The zero-order valence-corrected chi connectivity index (χ0v) is 41.6. The number of para-hydroxylation sites is 1. The lowest BCUT2D eigenvalue weighted by Crippen LogP contribution is -2.60. The van der Waals surface area contributed by atoms with Gasteiger partial charge in [0.05, 0.1) is 28.4 Å². The SMILES string of the molecule is C=C[C@@H]1C[C@]1(NC(=O)[C@@H]1C[C@@H]2CN1C(=O)[C@H](C1CCCCC1)NC(=O)O[C@@H]1C[C@H]1CCCCCc1c(nc3ccccc3c1O[C@@H]1CCN(C(=O)O)C(C(C)(C)C)[C@@H]1F)O2)C(=O)NS(=O)(=O)C1(C)CC1. The lowest BCUT2D eigenvalue weighted by Gasteiger charge is -2.46. The standard InChI is InChI=1S/C51H69FN6O11S/c1-6-31-27-51(31,46(61)56-70(65,66)50(5)22-23-50)55-43(59)36-26-32-28-58(36)45(60)40(29-15-9-7-10-16-29)54-47(62)69-38-25-30(38)17-11-8-12-19-34-41(33-18-13-14-20-35(33)53-44(34)67-32)68-37-21-24-57(48(63)64)42(39(37)52)49(2,3)4/h6,13-14,18,20,29-32,36-40,42H,1,7-12,15-17,19,21-28H2,2-5H3,(H,54,62)(H,55,59)(H,56,61)(H,63,64)/t30-,31-,32-,36+,37-,38-,39-,40+,42?,51-/m1/s1. The van der Waals surface area contributed by atoms with Crippen molar-refractivity contribution in [3.05, 3.63) is 42.5 Å². The molecule has 2 bridgehead atoms. The monoisotopic (exact) mass is 992 g/mol. The second kappa shape index (κ2) is 19.1. The molecule has 7 aliphatic rings. The van der Waals surface area contributed by atoms with Gasteiger partial charge in [0.2, 0.25) is 27.7 Å². The molecule has 2 aromatic rings. The average molecular weight is 993 g/mol. The fourth-order valence-corrected chi connectivity index (χ4v) is 12.9. The number of carbonyl (C=O) groups is 5. The first-order chi connectivity index (χ1) is 33.2. The van der Waals surface area contributed by atoms with Gasteiger partial charge in [-0.2, -0.15) is 0 Å². The van der Waals surface area contributed by atoms with E-state index in [0.29, 0.717) is 67.2 Å². The van der Waals surface area contributed by atoms with E-state index in [1.165, 1.54) is 11.0 Å². The van der Waals surface area contributed by atoms with Crippen molar-refractivity contribution < 1.29 is 56.1 Å². The van der Waals surface area contributed by atoms with Crippen LogP contribution in [0.1, 0.15) is 130 Å². The molecule has 1 aromatic carbocycles. The molecule has 4 aliphatic carbocycles. The first kappa shape index (κ1) is 49.8. The van der Waals surface area contributed by atoms with E-state index in [2.05, 4.69) is 21.9 Å². The number of fused-ring (bicyclic) bond motifs is 5. The molecule has 9 rings (SSSR count). The van der Waals surface area contributed by atoms with Crippen molar-refractivity contribution in [1.29, 1.82) is 0 Å². The van der Waals surface area contributed by atoms with Crippen LogP contribution in [0.2, 0.25) is 0 Å². The first-order valence-corrected chi connectivity index (χ1v) is 26.9. The maximum Gasteiger partial charge on any atom is 0.408 e. The lowest BCUT2D eigenvalue weighted by atomic mass is 9.78. The minimum atomic E-state index is -4.07. The number of halogens is 1. The minimum Gasteiger partial charge on any atom is -0.486 e. The van der Waals surface area contributed by atoms with Crippen molar-refractivity contribution >= 4 is 50.8 Å². The quantitative estimate of drug-likeness (QED) is 0.193. The van der Waals surface area contributed by atoms with Gasteiger partial charge in [-0.05, 0) is 94.1 Å². The summed E-state index contributed by atoms with van der Waals surface area (Å²) in [6.45, 7) is 10.8. The number of aromatic nitrogens is 1. The Kier molecular flexibility index (Phi) is 13.6. The number of nitrogens with zero attached hydrogens (tertiary/aromatic N) is 3. The van der Waals surface area contributed by atoms with Crippen LogP contribution in [0.3, 0.4) is 0 Å². The molecule has 1 unspecified atom stereocenters. The van der Waals surface area contributed by atoms with Gasteiger partial charge in [-0.1, -0.05) is 71.1 Å². The molecule has 1 aromatic heterocycles. The van der Waals surface area contributed by atoms with E-state index in [4.69, 9.17) is 19.2 Å². The molecule has 70 heavy (non-hydrogen) atoms. The fraction of sp³-hybridized carbons (Fsp3) is 0.686. The van der Waals surface area contributed by atoms with Gasteiger partial charge < -0.3 is 39.8 Å². The van der Waals surface area contributed by atoms with Gasteiger partial charge in [-0.15, -0.1) is 6.58 Å². The van der Waals surface area contributed by atoms with Gasteiger partial charge in [0, 0.05) is 30.7 Å². The molecule has 19 heteroatoms. The lowest BCUT2D eigenvalue weighted by molar-refractivity contribution is -0.142. The van der Waals surface area contributed by atoms with E-state index in [1.807, 2.05) is 39.0 Å². The molecule has 382 valence electrons. The number of hydrogen-bond acceptors (Lipinski definition) is 11. The van der Waals surface area contributed by atoms with E-state index in [0.717, 1.165) is 43.4 Å². The van der Waals surface area contributed by atoms with E-state index >= 15 is 9.18 Å². The van der Waals surface area contributed by atoms with Crippen molar-refractivity contribution in [2.24, 2.45) is 23.2 Å². The fourth-order valence-electron chi connectivity index (χ4n) is 11.6. The molecule has 4 N–H and O–H groups in total. The van der Waals surface area contributed by atoms with Crippen LogP contribution in [0.25, 0.3) is 10.9 Å². The predicted molar refractivity (Wildman–Crippen MR) is 256 cm³/mol. The van der Waals surface area contributed by atoms with E-state index < -0.39 is 98.1 Å². The van der Waals surface area contributed by atoms with Crippen molar-refractivity contribution in [3.8, 4) is 11.6 Å². The number of benzene rings is 1. The molecule has 4 saturated carbocycles. The second-order valence-electron chi connectivity index (χ2n) is 22.4. The zero-order valence-electron chi connectivity index (χ0n) is 40.8. The first-order valence-electron chi connectivity index (χ1n) is 25.4. The van der Waals surface area contributed by atoms with Gasteiger partial charge in [0.15, 0.2) is 6.17 Å². The number of piperidine rings is 1. The van der Waals surface area contributed by atoms with Crippen LogP contribution in [-0.4, -0.2) is 124 Å². The smallest absolute Gasteiger partial charge is 0.408 e. The highest BCUT2D eigenvalue weighted by Crippen LogP contribution is 2.48. The number of alkyl carbamates (subject to hydrolysis) is 1. The summed E-state index contributed by atoms with van der Waals surface area (Å²) in [5, 5.41) is 16.5. The Morgan fingerprint density at radius 2 is 1.70 bits per heavy atom. The topological polar surface area (TPSA) is 223 Å². The minimum absolute atomic E-state index is 0.0619. The molecule has 0 radical (unpaired) electrons. The highest BCUT2D eigenvalue weighted by Gasteiger charge is 2.63. The Morgan fingerprint density at radius 1 is 1.00 bits per heavy atom. The van der Waals surface area contributed by atoms with Crippen molar-refractivity contribution in [3.63, 3.8) is 0 Å². The van der Waals surface area contributed by atoms with Crippen LogP contribution >= 0.6 is 0 Å². The van der Waals surface area contributed by atoms with E-state index in [9.17, 15) is 32.7 Å². The number of carbonyl (C=O) groups excluding carboxylic acids is 4. The number of pyridine rings is 1. The Hall–Kier alpha value is -5.20. The van der Waals surface area contributed by atoms with Gasteiger partial charge in [-0.3, -0.25) is 19.1 Å². The van der Waals surface area contributed by atoms with Crippen LogP contribution in [0.5, 0.6) is 11.6 Å². The van der Waals surface area contributed by atoms with Crippen molar-refractivity contribution in [1.82, 2.24) is 30.1 Å². The number of amides is 5. The van der Waals surface area contributed by atoms with Crippen LogP contribution < -0.4 is 24.8 Å². The number of alkyl halides is 1. The summed E-state index contributed by atoms with van der Waals surface area (Å²) < 4.78 is 64.2. The number of hydrogen-bond donors (Lipinski definition) is 4. The molecule has 17 nitrogen and oxygen atoms in total. The van der Waals surface area contributed by atoms with Crippen molar-refractivity contribution in [2.75, 3.05) is 13.1 Å². The second-order valence-corrected chi connectivity index (χ2v) is 24.5. The summed E-state index contributed by atoms with van der Waals surface area (Å²) in [5.41, 5.74) is -1.31. The largest absolute Gasteiger partial charge is 0.486 e. The molecule has 0 spiro atoms. The summed E-state index contributed by atoms with van der Waals surface area (Å²) in [5.74, 6) is -2.17. The number of ether oxygens (including phenoxy) is 3. The Balaban J connectivity index is 1.08. The predicted octanol–water partition coefficient (Wildman–Crippen LogP) is 6.71. The molecule has 3 aliphatic heterocycles. The van der Waals surface area contributed by atoms with Crippen LogP contribution in [-0.2, 0) is 35.6 Å². The van der Waals surface area contributed by atoms with Crippen LogP contribution in [0, 0.1) is 23.2 Å². The molecule has 6 fully saturated rings. The number of likely N-dealkylation sites (tertiary alicyclic amines) is 1. The van der Waals surface area contributed by atoms with Crippen LogP contribution in [0.4, 0.5) is 14.0 Å². The van der Waals surface area contributed by atoms with Gasteiger partial charge >= 0.3 is 12.2 Å². The highest BCUT2D eigenvalue weighted by molar-refractivity contribution is 7.91. The summed E-state index contributed by atoms with van der Waals surface area (Å²) in [6.07, 6.45) is 5.00. The highest BCUT2D eigenvalue weighted by atomic mass is 32.2. The van der Waals surface area contributed by atoms with Gasteiger partial charge in [0.25, 0.3) is 5.91 Å². The molecule has 2 saturated heterocycles.